The molecular weight excluding hydrogens is 308 g/mol. The van der Waals surface area contributed by atoms with Crippen molar-refractivity contribution in [3.8, 4) is 0 Å². The molecule has 0 bridgehead atoms. The van der Waals surface area contributed by atoms with Crippen LogP contribution >= 0.6 is 11.3 Å². The van der Waals surface area contributed by atoms with Crippen molar-refractivity contribution in [1.29, 1.82) is 0 Å². The molecule has 0 N–H and O–H groups in total. The summed E-state index contributed by atoms with van der Waals surface area (Å²) in [4.78, 5) is 30.9. The number of carbonyl (C=O) groups excluding carboxylic acids is 2. The van der Waals surface area contributed by atoms with Crippen LogP contribution in [0.4, 0.5) is 0 Å². The van der Waals surface area contributed by atoms with Crippen LogP contribution in [0.15, 0.2) is 36.4 Å². The highest BCUT2D eigenvalue weighted by Crippen LogP contribution is 2.22. The minimum absolute atomic E-state index is 0.0419. The number of rotatable bonds is 2. The molecular formula is C18H20N2O2S. The van der Waals surface area contributed by atoms with Gasteiger partial charge in [0.1, 0.15) is 0 Å². The summed E-state index contributed by atoms with van der Waals surface area (Å²) in [6, 6.07) is 11.3. The van der Waals surface area contributed by atoms with Gasteiger partial charge in [-0.15, -0.1) is 11.3 Å². The molecule has 1 saturated heterocycles. The minimum Gasteiger partial charge on any atom is -0.335 e. The summed E-state index contributed by atoms with van der Waals surface area (Å²) in [5.74, 6) is 0.124. The molecule has 1 aliphatic heterocycles. The Balaban J connectivity index is 1.63. The van der Waals surface area contributed by atoms with E-state index in [1.807, 2.05) is 60.0 Å². The van der Waals surface area contributed by atoms with Gasteiger partial charge < -0.3 is 9.80 Å². The molecule has 3 rings (SSSR count). The van der Waals surface area contributed by atoms with Gasteiger partial charge in [0.15, 0.2) is 0 Å². The summed E-state index contributed by atoms with van der Waals surface area (Å²) < 4.78 is 0. The number of benzene rings is 1. The maximum Gasteiger partial charge on any atom is 0.255 e. The van der Waals surface area contributed by atoms with Gasteiger partial charge in [0.05, 0.1) is 5.56 Å². The van der Waals surface area contributed by atoms with E-state index < -0.39 is 0 Å². The third kappa shape index (κ3) is 3.29. The highest BCUT2D eigenvalue weighted by molar-refractivity contribution is 7.12. The van der Waals surface area contributed by atoms with E-state index in [4.69, 9.17) is 0 Å². The molecule has 0 unspecified atom stereocenters. The molecule has 1 aliphatic rings. The van der Waals surface area contributed by atoms with Gasteiger partial charge in [0, 0.05) is 41.5 Å². The van der Waals surface area contributed by atoms with Gasteiger partial charge in [-0.3, -0.25) is 9.59 Å². The number of amides is 2. The Labute approximate surface area is 140 Å². The molecule has 4 nitrogen and oxygen atoms in total. The third-order valence-electron chi connectivity index (χ3n) is 4.15. The van der Waals surface area contributed by atoms with E-state index in [0.29, 0.717) is 31.7 Å². The van der Waals surface area contributed by atoms with Gasteiger partial charge in [0.2, 0.25) is 0 Å². The molecule has 120 valence electrons. The second-order valence-corrected chi connectivity index (χ2v) is 7.24. The Hall–Kier alpha value is -2.14. The number of thiophene rings is 1. The SMILES string of the molecule is Cc1cc(C(=O)N2CCN(C(=O)c3ccccc3)CC2)c(C)s1. The van der Waals surface area contributed by atoms with E-state index in [2.05, 4.69) is 0 Å². The maximum absolute atomic E-state index is 12.6. The monoisotopic (exact) mass is 328 g/mol. The number of nitrogens with zero attached hydrogens (tertiary/aromatic N) is 2. The predicted octanol–water partition coefficient (Wildman–Crippen LogP) is 2.96. The first kappa shape index (κ1) is 15.7. The van der Waals surface area contributed by atoms with Crippen LogP contribution in [-0.4, -0.2) is 47.8 Å². The van der Waals surface area contributed by atoms with E-state index >= 15 is 0 Å². The summed E-state index contributed by atoms with van der Waals surface area (Å²) in [5, 5.41) is 0. The van der Waals surface area contributed by atoms with Crippen LogP contribution in [-0.2, 0) is 0 Å². The molecule has 0 spiro atoms. The predicted molar refractivity (Wildman–Crippen MR) is 92.0 cm³/mol. The molecule has 0 radical (unpaired) electrons. The zero-order valence-electron chi connectivity index (χ0n) is 13.4. The molecule has 5 heteroatoms. The molecule has 2 aromatic rings. The van der Waals surface area contributed by atoms with Crippen LogP contribution in [0.25, 0.3) is 0 Å². The van der Waals surface area contributed by atoms with Crippen LogP contribution in [0.1, 0.15) is 30.5 Å². The molecule has 1 fully saturated rings. The van der Waals surface area contributed by atoms with Crippen molar-refractivity contribution in [3.63, 3.8) is 0 Å². The normalized spacial score (nSPS) is 14.9. The lowest BCUT2D eigenvalue weighted by molar-refractivity contribution is 0.0535. The highest BCUT2D eigenvalue weighted by atomic mass is 32.1. The summed E-state index contributed by atoms with van der Waals surface area (Å²) >= 11 is 1.65. The summed E-state index contributed by atoms with van der Waals surface area (Å²) in [6.07, 6.45) is 0. The number of carbonyl (C=O) groups is 2. The number of hydrogen-bond acceptors (Lipinski definition) is 3. The second-order valence-electron chi connectivity index (χ2n) is 5.78. The van der Waals surface area contributed by atoms with Crippen molar-refractivity contribution < 1.29 is 9.59 Å². The Bertz CT molecular complexity index is 716. The Morgan fingerprint density at radius 2 is 1.48 bits per heavy atom. The number of piperazine rings is 1. The minimum atomic E-state index is 0.0419. The van der Waals surface area contributed by atoms with Crippen molar-refractivity contribution in [2.75, 3.05) is 26.2 Å². The molecule has 2 heterocycles. The topological polar surface area (TPSA) is 40.6 Å². The quantitative estimate of drug-likeness (QED) is 0.850. The van der Waals surface area contributed by atoms with Crippen LogP contribution in [0, 0.1) is 13.8 Å². The van der Waals surface area contributed by atoms with E-state index in [9.17, 15) is 9.59 Å². The van der Waals surface area contributed by atoms with Gasteiger partial charge in [-0.25, -0.2) is 0 Å². The Morgan fingerprint density at radius 1 is 0.913 bits per heavy atom. The first-order chi connectivity index (χ1) is 11.1. The van der Waals surface area contributed by atoms with E-state index in [0.717, 1.165) is 15.3 Å². The first-order valence-electron chi connectivity index (χ1n) is 7.77. The lowest BCUT2D eigenvalue weighted by Crippen LogP contribution is -2.50. The second kappa shape index (κ2) is 6.54. The largest absolute Gasteiger partial charge is 0.335 e. The standard InChI is InChI=1S/C18H20N2O2S/c1-13-12-16(14(2)23-13)18(22)20-10-8-19(9-11-20)17(21)15-6-4-3-5-7-15/h3-7,12H,8-11H2,1-2H3. The average molecular weight is 328 g/mol. The number of hydrogen-bond donors (Lipinski definition) is 0. The maximum atomic E-state index is 12.6. The van der Waals surface area contributed by atoms with E-state index in [1.165, 1.54) is 0 Å². The number of aryl methyl sites for hydroxylation is 2. The average Bonchev–Trinajstić information content (AvgIpc) is 2.93. The van der Waals surface area contributed by atoms with Gasteiger partial charge in [0.25, 0.3) is 11.8 Å². The fraction of sp³-hybridized carbons (Fsp3) is 0.333. The van der Waals surface area contributed by atoms with Crippen LogP contribution in [0.5, 0.6) is 0 Å². The molecule has 1 aromatic heterocycles. The fourth-order valence-corrected chi connectivity index (χ4v) is 3.81. The van der Waals surface area contributed by atoms with Gasteiger partial charge in [-0.05, 0) is 32.0 Å². The van der Waals surface area contributed by atoms with Gasteiger partial charge in [-0.1, -0.05) is 18.2 Å². The van der Waals surface area contributed by atoms with Gasteiger partial charge in [-0.2, -0.15) is 0 Å². The van der Waals surface area contributed by atoms with Gasteiger partial charge >= 0.3 is 0 Å². The van der Waals surface area contributed by atoms with Crippen molar-refractivity contribution in [2.45, 2.75) is 13.8 Å². The first-order valence-corrected chi connectivity index (χ1v) is 8.58. The van der Waals surface area contributed by atoms with Crippen molar-refractivity contribution >= 4 is 23.2 Å². The molecule has 2 amide bonds. The molecule has 1 aromatic carbocycles. The van der Waals surface area contributed by atoms with Crippen molar-refractivity contribution in [2.24, 2.45) is 0 Å². The molecule has 0 atom stereocenters. The van der Waals surface area contributed by atoms with Crippen LogP contribution < -0.4 is 0 Å². The fourth-order valence-electron chi connectivity index (χ4n) is 2.89. The van der Waals surface area contributed by atoms with Crippen molar-refractivity contribution in [1.82, 2.24) is 9.80 Å². The zero-order valence-corrected chi connectivity index (χ0v) is 14.2. The summed E-state index contributed by atoms with van der Waals surface area (Å²) in [6.45, 7) is 6.35. The highest BCUT2D eigenvalue weighted by Gasteiger charge is 2.26. The molecule has 0 aliphatic carbocycles. The molecule has 23 heavy (non-hydrogen) atoms. The third-order valence-corrected chi connectivity index (χ3v) is 5.11. The van der Waals surface area contributed by atoms with Crippen molar-refractivity contribution in [3.05, 3.63) is 57.3 Å². The van der Waals surface area contributed by atoms with E-state index in [-0.39, 0.29) is 11.8 Å². The zero-order chi connectivity index (χ0) is 16.4. The van der Waals surface area contributed by atoms with E-state index in [1.54, 1.807) is 11.3 Å². The Kier molecular flexibility index (Phi) is 4.48. The van der Waals surface area contributed by atoms with Crippen LogP contribution in [0.2, 0.25) is 0 Å². The van der Waals surface area contributed by atoms with Crippen LogP contribution in [0.3, 0.4) is 0 Å². The lowest BCUT2D eigenvalue weighted by Gasteiger charge is -2.34. The Morgan fingerprint density at radius 3 is 2.00 bits per heavy atom. The molecule has 0 saturated carbocycles. The summed E-state index contributed by atoms with van der Waals surface area (Å²) in [7, 11) is 0. The smallest absolute Gasteiger partial charge is 0.255 e. The lowest BCUT2D eigenvalue weighted by atomic mass is 10.1. The summed E-state index contributed by atoms with van der Waals surface area (Å²) in [5.41, 5.74) is 1.51.